The highest BCUT2D eigenvalue weighted by molar-refractivity contribution is 7.90. The second kappa shape index (κ2) is 8.06. The quantitative estimate of drug-likeness (QED) is 0.718. The van der Waals surface area contributed by atoms with Crippen molar-refractivity contribution in [2.45, 2.75) is 42.2 Å². The fraction of sp³-hybridized carbons (Fsp3) is 0.391. The van der Waals surface area contributed by atoms with Crippen LogP contribution in [0.4, 0.5) is 4.39 Å². The van der Waals surface area contributed by atoms with Crippen LogP contribution in [0.15, 0.2) is 47.4 Å². The summed E-state index contributed by atoms with van der Waals surface area (Å²) in [6.07, 6.45) is 3.77. The molecule has 3 atom stereocenters. The molecule has 162 valence electrons. The fourth-order valence-electron chi connectivity index (χ4n) is 4.54. The Morgan fingerprint density at radius 3 is 2.52 bits per heavy atom. The Kier molecular flexibility index (Phi) is 5.58. The van der Waals surface area contributed by atoms with Gasteiger partial charge in [0.2, 0.25) is 5.91 Å². The minimum absolute atomic E-state index is 0.0703. The maximum absolute atomic E-state index is 14.8. The molecule has 2 aliphatic rings. The van der Waals surface area contributed by atoms with Crippen LogP contribution in [0.2, 0.25) is 0 Å². The number of nitrogens with one attached hydrogen (secondary N) is 2. The number of piperidine rings is 1. The van der Waals surface area contributed by atoms with E-state index in [1.54, 1.807) is 24.3 Å². The number of hydrogen-bond acceptors (Lipinski definition) is 5. The average Bonchev–Trinajstić information content (AvgIpc) is 3.37. The zero-order valence-electron chi connectivity index (χ0n) is 17.2. The molecular formula is C23H24FN3O3S. The van der Waals surface area contributed by atoms with E-state index in [4.69, 9.17) is 0 Å². The molecule has 1 saturated heterocycles. The van der Waals surface area contributed by atoms with E-state index >= 15 is 0 Å². The number of nitriles is 1. The van der Waals surface area contributed by atoms with Crippen LogP contribution in [-0.2, 0) is 21.1 Å². The summed E-state index contributed by atoms with van der Waals surface area (Å²) in [6.45, 7) is 0.825. The molecule has 2 unspecified atom stereocenters. The van der Waals surface area contributed by atoms with Gasteiger partial charge >= 0.3 is 0 Å². The third-order valence-corrected chi connectivity index (χ3v) is 7.46. The van der Waals surface area contributed by atoms with Gasteiger partial charge in [-0.25, -0.2) is 12.8 Å². The van der Waals surface area contributed by atoms with E-state index in [2.05, 4.69) is 16.7 Å². The molecule has 6 nitrogen and oxygen atoms in total. The Morgan fingerprint density at radius 2 is 2.00 bits per heavy atom. The number of carbonyl (C=O) groups is 1. The predicted octanol–water partition coefficient (Wildman–Crippen LogP) is 2.59. The van der Waals surface area contributed by atoms with Crippen LogP contribution >= 0.6 is 0 Å². The van der Waals surface area contributed by atoms with Crippen molar-refractivity contribution in [2.24, 2.45) is 5.92 Å². The summed E-state index contributed by atoms with van der Waals surface area (Å²) in [5.74, 6) is -0.137. The predicted molar refractivity (Wildman–Crippen MR) is 114 cm³/mol. The molecular weight excluding hydrogens is 417 g/mol. The van der Waals surface area contributed by atoms with E-state index in [1.165, 1.54) is 18.2 Å². The summed E-state index contributed by atoms with van der Waals surface area (Å²) in [6, 6.07) is 12.2. The van der Waals surface area contributed by atoms with E-state index in [-0.39, 0.29) is 17.2 Å². The molecule has 0 radical (unpaired) electrons. The molecule has 8 heteroatoms. The number of fused-ring (bicyclic) bond motifs is 2. The lowest BCUT2D eigenvalue weighted by Gasteiger charge is -2.27. The van der Waals surface area contributed by atoms with Gasteiger partial charge in [0.25, 0.3) is 0 Å². The van der Waals surface area contributed by atoms with E-state index in [9.17, 15) is 22.9 Å². The first-order chi connectivity index (χ1) is 14.7. The number of amides is 1. The molecule has 1 amide bonds. The summed E-state index contributed by atoms with van der Waals surface area (Å²) < 4.78 is 37.9. The molecule has 2 N–H and O–H groups in total. The normalized spacial score (nSPS) is 23.3. The van der Waals surface area contributed by atoms with Crippen LogP contribution < -0.4 is 10.6 Å². The van der Waals surface area contributed by atoms with Gasteiger partial charge in [-0.3, -0.25) is 4.79 Å². The summed E-state index contributed by atoms with van der Waals surface area (Å²) in [5, 5.41) is 15.6. The van der Waals surface area contributed by atoms with E-state index in [0.29, 0.717) is 22.6 Å². The number of halogens is 1. The Hall–Kier alpha value is -2.76. The molecule has 0 aromatic heterocycles. The lowest BCUT2D eigenvalue weighted by atomic mass is 9.96. The average molecular weight is 442 g/mol. The third kappa shape index (κ3) is 4.34. The number of carbonyl (C=O) groups excluding carboxylic acids is 1. The van der Waals surface area contributed by atoms with Gasteiger partial charge in [-0.15, -0.1) is 0 Å². The Bertz CT molecular complexity index is 1150. The van der Waals surface area contributed by atoms with Crippen LogP contribution in [0.25, 0.3) is 11.1 Å². The second-order valence-corrected chi connectivity index (χ2v) is 10.5. The highest BCUT2D eigenvalue weighted by Crippen LogP contribution is 2.40. The maximum Gasteiger partial charge on any atom is 0.241 e. The van der Waals surface area contributed by atoms with Gasteiger partial charge in [0.05, 0.1) is 16.5 Å². The molecule has 4 rings (SSSR count). The molecule has 2 bridgehead atoms. The third-order valence-electron chi connectivity index (χ3n) is 6.33. The van der Waals surface area contributed by atoms with Crippen LogP contribution in [0.1, 0.15) is 24.8 Å². The number of hydrogen-bond donors (Lipinski definition) is 2. The van der Waals surface area contributed by atoms with Gasteiger partial charge in [-0.1, -0.05) is 24.3 Å². The fourth-order valence-corrected chi connectivity index (χ4v) is 5.17. The number of sulfone groups is 1. The summed E-state index contributed by atoms with van der Waals surface area (Å²) in [5.41, 5.74) is 1.04. The largest absolute Gasteiger partial charge is 0.338 e. The summed E-state index contributed by atoms with van der Waals surface area (Å²) >= 11 is 0. The molecule has 31 heavy (non-hydrogen) atoms. The standard InChI is InChI=1S/C23H24FN3O3S/c1-31(29,30)20-6-4-16(5-7-20)17-2-3-18(21(24)11-17)10-19(13-25)27-22(28)23-9-8-15(12-23)14-26-23/h2-7,11,15,19,26H,8-10,12,14H2,1H3,(H,27,28)/t15?,19-,23?/m0/s1. The highest BCUT2D eigenvalue weighted by Gasteiger charge is 2.50. The van der Waals surface area contributed by atoms with Gasteiger partial charge in [0, 0.05) is 12.7 Å². The number of nitrogens with zero attached hydrogens (tertiary/aromatic N) is 1. The highest BCUT2D eigenvalue weighted by atomic mass is 32.2. The van der Waals surface area contributed by atoms with Crippen molar-refractivity contribution in [1.29, 1.82) is 5.26 Å². The monoisotopic (exact) mass is 441 g/mol. The lowest BCUT2D eigenvalue weighted by molar-refractivity contribution is -0.127. The van der Waals surface area contributed by atoms with Crippen molar-refractivity contribution in [3.05, 3.63) is 53.8 Å². The van der Waals surface area contributed by atoms with Gasteiger partial charge in [0.15, 0.2) is 9.84 Å². The van der Waals surface area contributed by atoms with Gasteiger partial charge in [-0.2, -0.15) is 5.26 Å². The molecule has 1 saturated carbocycles. The van der Waals surface area contributed by atoms with E-state index < -0.39 is 27.2 Å². The van der Waals surface area contributed by atoms with Crippen molar-refractivity contribution in [3.63, 3.8) is 0 Å². The summed E-state index contributed by atoms with van der Waals surface area (Å²) in [4.78, 5) is 12.9. The molecule has 0 spiro atoms. The lowest BCUT2D eigenvalue weighted by Crippen LogP contribution is -2.55. The van der Waals surface area contributed by atoms with Gasteiger partial charge in [-0.05, 0) is 66.6 Å². The SMILES string of the molecule is CS(=O)(=O)c1ccc(-c2ccc(C[C@@H](C#N)NC(=O)C34CCC(CN3)C4)c(F)c2)cc1. The molecule has 2 aromatic carbocycles. The first-order valence-electron chi connectivity index (χ1n) is 10.2. The van der Waals surface area contributed by atoms with Crippen molar-refractivity contribution in [1.82, 2.24) is 10.6 Å². The Labute approximate surface area is 181 Å². The van der Waals surface area contributed by atoms with Crippen LogP contribution in [0.5, 0.6) is 0 Å². The minimum atomic E-state index is -3.30. The van der Waals surface area contributed by atoms with Crippen molar-refractivity contribution in [2.75, 3.05) is 12.8 Å². The molecule has 1 aliphatic carbocycles. The van der Waals surface area contributed by atoms with Crippen LogP contribution in [0.3, 0.4) is 0 Å². The first-order valence-corrected chi connectivity index (χ1v) is 12.1. The van der Waals surface area contributed by atoms with Gasteiger partial charge in [0.1, 0.15) is 11.9 Å². The van der Waals surface area contributed by atoms with Crippen LogP contribution in [-0.4, -0.2) is 38.7 Å². The summed E-state index contributed by atoms with van der Waals surface area (Å²) in [7, 11) is -3.30. The van der Waals surface area contributed by atoms with Crippen LogP contribution in [0, 0.1) is 23.1 Å². The van der Waals surface area contributed by atoms with E-state index in [1.807, 2.05) is 0 Å². The number of rotatable bonds is 6. The number of benzene rings is 2. The van der Waals surface area contributed by atoms with Crippen molar-refractivity contribution < 1.29 is 17.6 Å². The minimum Gasteiger partial charge on any atom is -0.338 e. The van der Waals surface area contributed by atoms with Crippen molar-refractivity contribution in [3.8, 4) is 17.2 Å². The van der Waals surface area contributed by atoms with E-state index in [0.717, 1.165) is 32.1 Å². The topological polar surface area (TPSA) is 99.1 Å². The molecule has 1 heterocycles. The van der Waals surface area contributed by atoms with Gasteiger partial charge < -0.3 is 10.6 Å². The Balaban J connectivity index is 1.46. The maximum atomic E-state index is 14.8. The first kappa shape index (κ1) is 21.5. The molecule has 2 aromatic rings. The van der Waals surface area contributed by atoms with Crippen molar-refractivity contribution >= 4 is 15.7 Å². The zero-order chi connectivity index (χ0) is 22.2. The zero-order valence-corrected chi connectivity index (χ0v) is 18.0. The molecule has 1 aliphatic heterocycles. The molecule has 2 fully saturated rings. The second-order valence-electron chi connectivity index (χ2n) is 8.53. The smallest absolute Gasteiger partial charge is 0.241 e. The Morgan fingerprint density at radius 1 is 1.29 bits per heavy atom.